The van der Waals surface area contributed by atoms with E-state index in [9.17, 15) is 30.0 Å². The Kier molecular flexibility index (Phi) is 19.7. The van der Waals surface area contributed by atoms with Crippen LogP contribution in [0.25, 0.3) is 0 Å². The van der Waals surface area contributed by atoms with Crippen molar-refractivity contribution >= 4 is 45.8 Å². The van der Waals surface area contributed by atoms with Crippen LogP contribution in [-0.2, 0) is 0 Å². The largest absolute Gasteiger partial charge is 0.508 e. The highest BCUT2D eigenvalue weighted by Crippen LogP contribution is 2.25. The Morgan fingerprint density at radius 2 is 0.696 bits per heavy atom. The molecule has 0 radical (unpaired) electrons. The normalized spacial score (nSPS) is 9.36. The van der Waals surface area contributed by atoms with E-state index in [1.165, 1.54) is 36.4 Å². The molecule has 0 saturated carbocycles. The molecular weight excluding hydrogens is 972 g/mol. The number of hydrogen-bond donors (Lipinski definition) is 6. The van der Waals surface area contributed by atoms with Gasteiger partial charge in [0, 0.05) is 53.9 Å². The van der Waals surface area contributed by atoms with E-state index < -0.39 is 11.8 Å². The molecule has 8 nitrogen and oxygen atoms in total. The SMILES string of the molecule is C#Cc1ccc(C#Cc2ccccc2)cc1.CC.O=C(Nc1ccc(C#Cc2ccc(C#Cc3ccccc3)cc2)cc1)c1cc(O)ccc1O.O=C(Nc1ccc(I)cc1)c1cc(O)ccc1O. The van der Waals surface area contributed by atoms with Crippen LogP contribution in [0.4, 0.5) is 11.4 Å². The summed E-state index contributed by atoms with van der Waals surface area (Å²) in [6, 6.07) is 57.0. The van der Waals surface area contributed by atoms with Crippen LogP contribution in [0, 0.1) is 51.4 Å². The van der Waals surface area contributed by atoms with Gasteiger partial charge in [0.15, 0.2) is 0 Å². The molecular formula is C60H45IN2O6. The first-order valence-corrected chi connectivity index (χ1v) is 22.4. The maximum absolute atomic E-state index is 12.3. The number of phenolic OH excluding ortho intramolecular Hbond substituents is 4. The minimum atomic E-state index is -0.516. The molecule has 0 heterocycles. The van der Waals surface area contributed by atoms with E-state index >= 15 is 0 Å². The average Bonchev–Trinajstić information content (AvgIpc) is 3.39. The Morgan fingerprint density at radius 3 is 1.03 bits per heavy atom. The molecule has 9 heteroatoms. The summed E-state index contributed by atoms with van der Waals surface area (Å²) in [6.07, 6.45) is 5.28. The van der Waals surface area contributed by atoms with Crippen LogP contribution < -0.4 is 10.6 Å². The van der Waals surface area contributed by atoms with Crippen molar-refractivity contribution in [1.82, 2.24) is 0 Å². The van der Waals surface area contributed by atoms with Gasteiger partial charge in [0.05, 0.1) is 11.1 Å². The number of terminal acetylenes is 1. The lowest BCUT2D eigenvalue weighted by atomic mass is 10.1. The summed E-state index contributed by atoms with van der Waals surface area (Å²) in [5, 5.41) is 43.5. The molecule has 8 aromatic carbocycles. The first-order valence-electron chi connectivity index (χ1n) is 21.4. The molecule has 6 N–H and O–H groups in total. The maximum atomic E-state index is 12.3. The molecule has 338 valence electrons. The van der Waals surface area contributed by atoms with Gasteiger partial charge in [-0.3, -0.25) is 9.59 Å². The molecule has 0 aliphatic heterocycles. The number of rotatable bonds is 4. The fraction of sp³-hybridized carbons (Fsp3) is 0.0333. The van der Waals surface area contributed by atoms with Crippen LogP contribution in [0.1, 0.15) is 73.5 Å². The molecule has 0 aliphatic rings. The zero-order valence-electron chi connectivity index (χ0n) is 37.5. The van der Waals surface area contributed by atoms with Crippen LogP contribution in [-0.4, -0.2) is 32.2 Å². The van der Waals surface area contributed by atoms with E-state index in [2.05, 4.69) is 74.7 Å². The van der Waals surface area contributed by atoms with Crippen molar-refractivity contribution in [3.05, 3.63) is 248 Å². The Bertz CT molecular complexity index is 3210. The standard InChI is InChI=1S/C29H19NO3.C16H10.C13H10INO3.C2H6/c31-26-18-19-28(32)27(20-26)29(33)30-25-16-14-24(15-17-25)13-12-23-10-8-22(9-11-23)7-6-21-4-2-1-3-5-21;1-2-14-8-10-16(11-9-14)13-12-15-6-4-3-5-7-15;14-8-1-3-9(4-2-8)15-13(18)11-7-10(16)5-6-12(11)17;1-2/h1-5,8-11,14-20,31-32H,(H,30,33);1,3-11H;1-7,16-17H,(H,15,18);1-2H3. The second kappa shape index (κ2) is 26.7. The predicted octanol–water partition coefficient (Wildman–Crippen LogP) is 12.2. The molecule has 0 aromatic heterocycles. The number of anilines is 2. The quantitative estimate of drug-likeness (QED) is 0.0590. The number of phenols is 4. The Morgan fingerprint density at radius 1 is 0.406 bits per heavy atom. The Hall–Kier alpha value is -9.13. The van der Waals surface area contributed by atoms with E-state index in [1.807, 2.05) is 135 Å². The van der Waals surface area contributed by atoms with Gasteiger partial charge in [-0.25, -0.2) is 0 Å². The van der Waals surface area contributed by atoms with E-state index in [4.69, 9.17) is 6.42 Å². The summed E-state index contributed by atoms with van der Waals surface area (Å²) < 4.78 is 1.06. The highest BCUT2D eigenvalue weighted by molar-refractivity contribution is 14.1. The minimum absolute atomic E-state index is 0.00391. The van der Waals surface area contributed by atoms with Crippen LogP contribution in [0.2, 0.25) is 0 Å². The van der Waals surface area contributed by atoms with Crippen molar-refractivity contribution in [3.8, 4) is 70.9 Å². The fourth-order valence-electron chi connectivity index (χ4n) is 5.74. The Balaban J connectivity index is 0.000000208. The summed E-state index contributed by atoms with van der Waals surface area (Å²) in [5.41, 5.74) is 7.64. The summed E-state index contributed by atoms with van der Waals surface area (Å²) in [4.78, 5) is 24.2. The average molecular weight is 1020 g/mol. The molecule has 2 amide bonds. The van der Waals surface area contributed by atoms with E-state index in [1.54, 1.807) is 36.4 Å². The summed E-state index contributed by atoms with van der Waals surface area (Å²) in [6.45, 7) is 4.00. The van der Waals surface area contributed by atoms with Gasteiger partial charge in [-0.05, 0) is 180 Å². The number of aromatic hydroxyl groups is 4. The van der Waals surface area contributed by atoms with Crippen molar-refractivity contribution in [2.75, 3.05) is 10.6 Å². The molecule has 69 heavy (non-hydrogen) atoms. The number of carbonyl (C=O) groups is 2. The molecule has 0 fully saturated rings. The predicted molar refractivity (Wildman–Crippen MR) is 284 cm³/mol. The van der Waals surface area contributed by atoms with Crippen LogP contribution >= 0.6 is 22.6 Å². The minimum Gasteiger partial charge on any atom is -0.508 e. The lowest BCUT2D eigenvalue weighted by Crippen LogP contribution is -2.11. The summed E-state index contributed by atoms with van der Waals surface area (Å²) >= 11 is 2.17. The van der Waals surface area contributed by atoms with Crippen molar-refractivity contribution in [2.24, 2.45) is 0 Å². The third-order valence-corrected chi connectivity index (χ3v) is 9.95. The number of amides is 2. The zero-order valence-corrected chi connectivity index (χ0v) is 39.7. The van der Waals surface area contributed by atoms with Gasteiger partial charge in [-0.15, -0.1) is 6.42 Å². The lowest BCUT2D eigenvalue weighted by Gasteiger charge is -2.07. The van der Waals surface area contributed by atoms with Crippen molar-refractivity contribution in [3.63, 3.8) is 0 Å². The zero-order chi connectivity index (χ0) is 49.4. The molecule has 0 saturated heterocycles. The second-order valence-corrected chi connectivity index (χ2v) is 15.4. The highest BCUT2D eigenvalue weighted by atomic mass is 127. The van der Waals surface area contributed by atoms with Crippen LogP contribution in [0.15, 0.2) is 194 Å². The monoisotopic (exact) mass is 1020 g/mol. The molecule has 0 aliphatic carbocycles. The maximum Gasteiger partial charge on any atom is 0.259 e. The van der Waals surface area contributed by atoms with Gasteiger partial charge in [0.25, 0.3) is 11.8 Å². The van der Waals surface area contributed by atoms with Gasteiger partial charge < -0.3 is 31.1 Å². The van der Waals surface area contributed by atoms with E-state index in [0.29, 0.717) is 11.4 Å². The molecule has 0 unspecified atom stereocenters. The molecule has 0 spiro atoms. The number of hydrogen-bond acceptors (Lipinski definition) is 6. The summed E-state index contributed by atoms with van der Waals surface area (Å²) in [7, 11) is 0. The molecule has 0 atom stereocenters. The number of halogens is 1. The van der Waals surface area contributed by atoms with Crippen LogP contribution in [0.3, 0.4) is 0 Å². The van der Waals surface area contributed by atoms with E-state index in [-0.39, 0.29) is 34.1 Å². The number of benzene rings is 8. The fourth-order valence-corrected chi connectivity index (χ4v) is 6.10. The van der Waals surface area contributed by atoms with Gasteiger partial charge in [0.1, 0.15) is 23.0 Å². The second-order valence-electron chi connectivity index (χ2n) is 14.2. The molecule has 0 bridgehead atoms. The summed E-state index contributed by atoms with van der Waals surface area (Å²) in [5.74, 6) is 19.7. The number of carbonyl (C=O) groups excluding carboxylic acids is 2. The topological polar surface area (TPSA) is 139 Å². The smallest absolute Gasteiger partial charge is 0.259 e. The first-order chi connectivity index (χ1) is 33.5. The van der Waals surface area contributed by atoms with Gasteiger partial charge >= 0.3 is 0 Å². The lowest BCUT2D eigenvalue weighted by molar-refractivity contribution is 0.101. The third-order valence-electron chi connectivity index (χ3n) is 9.23. The Labute approximate surface area is 416 Å². The van der Waals surface area contributed by atoms with Gasteiger partial charge in [0.2, 0.25) is 0 Å². The third kappa shape index (κ3) is 17.0. The van der Waals surface area contributed by atoms with Gasteiger partial charge in [-0.2, -0.15) is 0 Å². The molecule has 8 rings (SSSR count). The van der Waals surface area contributed by atoms with Crippen molar-refractivity contribution < 1.29 is 30.0 Å². The van der Waals surface area contributed by atoms with Crippen LogP contribution in [0.5, 0.6) is 23.0 Å². The number of nitrogens with one attached hydrogen (secondary N) is 2. The molecule has 8 aromatic rings. The van der Waals surface area contributed by atoms with E-state index in [0.717, 1.165) is 42.5 Å². The van der Waals surface area contributed by atoms with Crippen molar-refractivity contribution in [1.29, 1.82) is 0 Å². The highest BCUT2D eigenvalue weighted by Gasteiger charge is 2.13. The van der Waals surface area contributed by atoms with Crippen molar-refractivity contribution in [2.45, 2.75) is 13.8 Å². The van der Waals surface area contributed by atoms with Gasteiger partial charge in [-0.1, -0.05) is 91.7 Å². The first kappa shape index (κ1) is 50.9.